The fraction of sp³-hybridized carbons (Fsp3) is 0.440. The van der Waals surface area contributed by atoms with Gasteiger partial charge in [0.2, 0.25) is 0 Å². The van der Waals surface area contributed by atoms with Gasteiger partial charge in [-0.05, 0) is 81.6 Å². The summed E-state index contributed by atoms with van der Waals surface area (Å²) in [5.41, 5.74) is 2.26. The van der Waals surface area contributed by atoms with Crippen LogP contribution >= 0.6 is 0 Å². The number of methoxy groups -OCH3 is 1. The smallest absolute Gasteiger partial charge is 0.254 e. The third kappa shape index (κ3) is 6.00. The molecule has 1 N–H and O–H groups in total. The van der Waals surface area contributed by atoms with Crippen LogP contribution in [-0.2, 0) is 0 Å². The number of piperidine rings is 1. The van der Waals surface area contributed by atoms with Crippen molar-refractivity contribution in [2.24, 2.45) is 5.92 Å². The summed E-state index contributed by atoms with van der Waals surface area (Å²) in [5.74, 6) is 1.74. The number of nitrogens with one attached hydrogen (secondary N) is 1. The molecule has 1 saturated heterocycles. The zero-order valence-electron chi connectivity index (χ0n) is 18.8. The first-order chi connectivity index (χ1) is 14.9. The Morgan fingerprint density at radius 2 is 1.84 bits per heavy atom. The van der Waals surface area contributed by atoms with Crippen LogP contribution in [0.3, 0.4) is 0 Å². The highest BCUT2D eigenvalue weighted by Gasteiger charge is 2.26. The van der Waals surface area contributed by atoms with Gasteiger partial charge in [-0.3, -0.25) is 9.59 Å². The van der Waals surface area contributed by atoms with Gasteiger partial charge < -0.3 is 19.7 Å². The Kier molecular flexibility index (Phi) is 7.55. The van der Waals surface area contributed by atoms with E-state index < -0.39 is 0 Å². The maximum absolute atomic E-state index is 13.0. The van der Waals surface area contributed by atoms with Crippen molar-refractivity contribution < 1.29 is 19.1 Å². The molecule has 1 fully saturated rings. The van der Waals surface area contributed by atoms with Gasteiger partial charge in [-0.2, -0.15) is 0 Å². The standard InChI is InChI=1S/C25H32N2O4/c1-17(2)26-24(28)20-7-9-21(10-8-20)31-16-19-6-5-13-27(15-19)25(29)23-12-11-22(30-4)14-18(23)3/h7-12,14,17,19H,5-6,13,15-16H2,1-4H3,(H,26,28)/t19-/m1/s1. The number of carbonyl (C=O) groups excluding carboxylic acids is 2. The molecule has 0 unspecified atom stereocenters. The van der Waals surface area contributed by atoms with Crippen LogP contribution in [0.1, 0.15) is 53.0 Å². The monoisotopic (exact) mass is 424 g/mol. The van der Waals surface area contributed by atoms with Crippen LogP contribution in [0.4, 0.5) is 0 Å². The van der Waals surface area contributed by atoms with E-state index in [1.54, 1.807) is 19.2 Å². The van der Waals surface area contributed by atoms with E-state index in [9.17, 15) is 9.59 Å². The first-order valence-corrected chi connectivity index (χ1v) is 10.8. The minimum atomic E-state index is -0.0863. The van der Waals surface area contributed by atoms with Gasteiger partial charge >= 0.3 is 0 Å². The molecule has 0 bridgehead atoms. The first kappa shape index (κ1) is 22.7. The van der Waals surface area contributed by atoms with Crippen LogP contribution in [0.5, 0.6) is 11.5 Å². The second-order valence-corrected chi connectivity index (χ2v) is 8.40. The molecule has 0 aromatic heterocycles. The topological polar surface area (TPSA) is 67.9 Å². The van der Waals surface area contributed by atoms with Gasteiger partial charge in [0.25, 0.3) is 11.8 Å². The van der Waals surface area contributed by atoms with Gasteiger partial charge in [-0.1, -0.05) is 0 Å². The summed E-state index contributed by atoms with van der Waals surface area (Å²) in [6.07, 6.45) is 1.99. The molecule has 0 saturated carbocycles. The highest BCUT2D eigenvalue weighted by molar-refractivity contribution is 5.96. The molecule has 6 heteroatoms. The highest BCUT2D eigenvalue weighted by atomic mass is 16.5. The maximum atomic E-state index is 13.0. The third-order valence-corrected chi connectivity index (χ3v) is 5.49. The Bertz CT molecular complexity index is 908. The fourth-order valence-electron chi connectivity index (χ4n) is 3.82. The minimum Gasteiger partial charge on any atom is -0.497 e. The Morgan fingerprint density at radius 3 is 2.48 bits per heavy atom. The molecular weight excluding hydrogens is 392 g/mol. The first-order valence-electron chi connectivity index (χ1n) is 10.8. The SMILES string of the molecule is COc1ccc(C(=O)N2CCC[C@@H](COc3ccc(C(=O)NC(C)C)cc3)C2)c(C)c1. The van der Waals surface area contributed by atoms with Gasteiger partial charge in [0.1, 0.15) is 11.5 Å². The number of amides is 2. The van der Waals surface area contributed by atoms with E-state index in [0.717, 1.165) is 42.0 Å². The molecule has 1 heterocycles. The van der Waals surface area contributed by atoms with Crippen LogP contribution in [0.2, 0.25) is 0 Å². The van der Waals surface area contributed by atoms with Gasteiger partial charge in [0, 0.05) is 36.2 Å². The number of benzene rings is 2. The number of hydrogen-bond donors (Lipinski definition) is 1. The Balaban J connectivity index is 1.55. The number of aryl methyl sites for hydroxylation is 1. The van der Waals surface area contributed by atoms with E-state index in [4.69, 9.17) is 9.47 Å². The Morgan fingerprint density at radius 1 is 1.13 bits per heavy atom. The lowest BCUT2D eigenvalue weighted by Gasteiger charge is -2.33. The molecular formula is C25H32N2O4. The molecule has 2 aromatic carbocycles. The average Bonchev–Trinajstić information content (AvgIpc) is 2.77. The van der Waals surface area contributed by atoms with Crippen LogP contribution in [0.15, 0.2) is 42.5 Å². The second kappa shape index (κ2) is 10.3. The molecule has 166 valence electrons. The van der Waals surface area contributed by atoms with Crippen LogP contribution in [-0.4, -0.2) is 49.6 Å². The molecule has 0 spiro atoms. The maximum Gasteiger partial charge on any atom is 0.254 e. The number of ether oxygens (including phenoxy) is 2. The van der Waals surface area contributed by atoms with Crippen molar-refractivity contribution in [3.8, 4) is 11.5 Å². The zero-order chi connectivity index (χ0) is 22.4. The zero-order valence-corrected chi connectivity index (χ0v) is 18.8. The second-order valence-electron chi connectivity index (χ2n) is 8.40. The van der Waals surface area contributed by atoms with E-state index in [0.29, 0.717) is 18.7 Å². The van der Waals surface area contributed by atoms with Gasteiger partial charge in [0.15, 0.2) is 0 Å². The molecule has 2 aromatic rings. The molecule has 3 rings (SSSR count). The van der Waals surface area contributed by atoms with Crippen molar-refractivity contribution in [1.29, 1.82) is 0 Å². The van der Waals surface area contributed by atoms with Gasteiger partial charge in [0.05, 0.1) is 13.7 Å². The summed E-state index contributed by atoms with van der Waals surface area (Å²) in [6, 6.07) is 12.9. The largest absolute Gasteiger partial charge is 0.497 e. The lowest BCUT2D eigenvalue weighted by atomic mass is 9.97. The molecule has 0 radical (unpaired) electrons. The number of hydrogen-bond acceptors (Lipinski definition) is 4. The van der Waals surface area contributed by atoms with Crippen molar-refractivity contribution in [3.63, 3.8) is 0 Å². The van der Waals surface area contributed by atoms with Gasteiger partial charge in [-0.25, -0.2) is 0 Å². The number of carbonyl (C=O) groups is 2. The summed E-state index contributed by atoms with van der Waals surface area (Å²) in [6.45, 7) is 7.79. The molecule has 1 atom stereocenters. The van der Waals surface area contributed by atoms with Crippen LogP contribution < -0.4 is 14.8 Å². The Labute approximate surface area is 184 Å². The normalized spacial score (nSPS) is 16.2. The molecule has 0 aliphatic carbocycles. The molecule has 31 heavy (non-hydrogen) atoms. The number of rotatable bonds is 7. The predicted octanol–water partition coefficient (Wildman–Crippen LogP) is 4.07. The molecule has 2 amide bonds. The summed E-state index contributed by atoms with van der Waals surface area (Å²) >= 11 is 0. The fourth-order valence-corrected chi connectivity index (χ4v) is 3.82. The van der Waals surface area contributed by atoms with E-state index >= 15 is 0 Å². The lowest BCUT2D eigenvalue weighted by molar-refractivity contribution is 0.0632. The Hall–Kier alpha value is -3.02. The molecule has 1 aliphatic rings. The predicted molar refractivity (Wildman–Crippen MR) is 121 cm³/mol. The highest BCUT2D eigenvalue weighted by Crippen LogP contribution is 2.23. The van der Waals surface area contributed by atoms with Crippen molar-refractivity contribution in [3.05, 3.63) is 59.2 Å². The van der Waals surface area contributed by atoms with E-state index in [2.05, 4.69) is 5.32 Å². The molecule has 1 aliphatic heterocycles. The lowest BCUT2D eigenvalue weighted by Crippen LogP contribution is -2.41. The minimum absolute atomic E-state index is 0.0605. The van der Waals surface area contributed by atoms with E-state index in [1.807, 2.05) is 56.0 Å². The third-order valence-electron chi connectivity index (χ3n) is 5.49. The quantitative estimate of drug-likeness (QED) is 0.727. The molecule has 6 nitrogen and oxygen atoms in total. The van der Waals surface area contributed by atoms with E-state index in [-0.39, 0.29) is 23.8 Å². The summed E-state index contributed by atoms with van der Waals surface area (Å²) in [5, 5.41) is 2.88. The average molecular weight is 425 g/mol. The van der Waals surface area contributed by atoms with Crippen LogP contribution in [0, 0.1) is 12.8 Å². The van der Waals surface area contributed by atoms with Crippen molar-refractivity contribution in [1.82, 2.24) is 10.2 Å². The van der Waals surface area contributed by atoms with Gasteiger partial charge in [-0.15, -0.1) is 0 Å². The summed E-state index contributed by atoms with van der Waals surface area (Å²) < 4.78 is 11.2. The van der Waals surface area contributed by atoms with E-state index in [1.165, 1.54) is 0 Å². The summed E-state index contributed by atoms with van der Waals surface area (Å²) in [4.78, 5) is 27.0. The number of nitrogens with zero attached hydrogens (tertiary/aromatic N) is 1. The summed E-state index contributed by atoms with van der Waals surface area (Å²) in [7, 11) is 1.62. The van der Waals surface area contributed by atoms with Crippen molar-refractivity contribution in [2.45, 2.75) is 39.7 Å². The van der Waals surface area contributed by atoms with Crippen molar-refractivity contribution in [2.75, 3.05) is 26.8 Å². The number of likely N-dealkylation sites (tertiary alicyclic amines) is 1. The van der Waals surface area contributed by atoms with Crippen molar-refractivity contribution >= 4 is 11.8 Å². The van der Waals surface area contributed by atoms with Crippen LogP contribution in [0.25, 0.3) is 0 Å².